The molecule has 0 aliphatic rings. The van der Waals surface area contributed by atoms with Crippen LogP contribution in [0.3, 0.4) is 0 Å². The third-order valence-corrected chi connectivity index (χ3v) is 1.76. The third-order valence-electron chi connectivity index (χ3n) is 1.76. The molecule has 6 nitrogen and oxygen atoms in total. The van der Waals surface area contributed by atoms with Crippen LogP contribution in [0, 0.1) is 0 Å². The van der Waals surface area contributed by atoms with E-state index in [0.29, 0.717) is 17.3 Å². The predicted molar refractivity (Wildman–Crippen MR) is 50.6 cm³/mol. The fraction of sp³-hybridized carbons (Fsp3) is 0.222. The Morgan fingerprint density at radius 1 is 1.20 bits per heavy atom. The van der Waals surface area contributed by atoms with Crippen molar-refractivity contribution in [2.24, 2.45) is 0 Å². The molecule has 0 aliphatic carbocycles. The molecule has 0 unspecified atom stereocenters. The molecule has 2 aromatic rings. The summed E-state index contributed by atoms with van der Waals surface area (Å²) in [6.07, 6.45) is 2.89. The molecule has 2 aromatic heterocycles. The first-order valence-electron chi connectivity index (χ1n) is 4.19. The van der Waals surface area contributed by atoms with Gasteiger partial charge in [-0.2, -0.15) is 9.97 Å². The summed E-state index contributed by atoms with van der Waals surface area (Å²) >= 11 is 0. The highest BCUT2D eigenvalue weighted by molar-refractivity contribution is 5.52. The molecule has 0 atom stereocenters. The molecule has 0 aliphatic heterocycles. The molecule has 78 valence electrons. The maximum Gasteiger partial charge on any atom is 0.320 e. The monoisotopic (exact) mass is 207 g/mol. The quantitative estimate of drug-likeness (QED) is 0.751. The highest BCUT2D eigenvalue weighted by Gasteiger charge is 2.09. The van der Waals surface area contributed by atoms with Crippen LogP contribution in [-0.4, -0.2) is 29.2 Å². The Labute approximate surface area is 85.9 Å². The van der Waals surface area contributed by atoms with E-state index >= 15 is 0 Å². The van der Waals surface area contributed by atoms with E-state index in [9.17, 15) is 0 Å². The van der Waals surface area contributed by atoms with Crippen molar-refractivity contribution in [3.63, 3.8) is 0 Å². The summed E-state index contributed by atoms with van der Waals surface area (Å²) in [7, 11) is 3.00. The lowest BCUT2D eigenvalue weighted by Crippen LogP contribution is -1.96. The van der Waals surface area contributed by atoms with E-state index in [1.54, 1.807) is 12.3 Å². The van der Waals surface area contributed by atoms with Crippen LogP contribution in [0.25, 0.3) is 11.5 Å². The zero-order valence-electron chi connectivity index (χ0n) is 8.30. The largest absolute Gasteiger partial charge is 0.481 e. The number of hydrogen-bond donors (Lipinski definition) is 0. The number of oxazole rings is 1. The van der Waals surface area contributed by atoms with Gasteiger partial charge in [0.2, 0.25) is 5.88 Å². The van der Waals surface area contributed by atoms with Crippen LogP contribution in [-0.2, 0) is 0 Å². The van der Waals surface area contributed by atoms with Crippen LogP contribution in [0.5, 0.6) is 11.9 Å². The Morgan fingerprint density at radius 3 is 2.67 bits per heavy atom. The van der Waals surface area contributed by atoms with Crippen LogP contribution < -0.4 is 9.47 Å². The molecule has 0 saturated heterocycles. The van der Waals surface area contributed by atoms with Gasteiger partial charge < -0.3 is 13.9 Å². The maximum absolute atomic E-state index is 5.11. The van der Waals surface area contributed by atoms with E-state index in [1.807, 2.05) is 0 Å². The van der Waals surface area contributed by atoms with Gasteiger partial charge in [-0.25, -0.2) is 4.98 Å². The molecule has 0 saturated carbocycles. The second-order valence-corrected chi connectivity index (χ2v) is 2.65. The van der Waals surface area contributed by atoms with E-state index in [2.05, 4.69) is 15.0 Å². The number of nitrogens with zero attached hydrogens (tertiary/aromatic N) is 3. The van der Waals surface area contributed by atoms with Crippen molar-refractivity contribution in [2.75, 3.05) is 14.2 Å². The lowest BCUT2D eigenvalue weighted by molar-refractivity contribution is 0.352. The van der Waals surface area contributed by atoms with Crippen LogP contribution in [0.1, 0.15) is 0 Å². The molecule has 0 fully saturated rings. The Kier molecular flexibility index (Phi) is 2.49. The van der Waals surface area contributed by atoms with Crippen LogP contribution in [0.15, 0.2) is 23.1 Å². The number of ether oxygens (including phenoxy) is 2. The van der Waals surface area contributed by atoms with E-state index < -0.39 is 0 Å². The first kappa shape index (κ1) is 9.45. The van der Waals surface area contributed by atoms with Gasteiger partial charge in [-0.05, 0) is 0 Å². The minimum atomic E-state index is 0.223. The van der Waals surface area contributed by atoms with E-state index in [1.165, 1.54) is 20.6 Å². The van der Waals surface area contributed by atoms with Crippen molar-refractivity contribution < 1.29 is 13.9 Å². The Balaban J connectivity index is 2.47. The van der Waals surface area contributed by atoms with Gasteiger partial charge in [0.15, 0.2) is 12.2 Å². The second kappa shape index (κ2) is 3.95. The molecular weight excluding hydrogens is 198 g/mol. The SMILES string of the molecule is COc1cc(-c2cnco2)nc(OC)n1. The first-order valence-corrected chi connectivity index (χ1v) is 4.19. The number of aromatic nitrogens is 3. The Hall–Kier alpha value is -2.11. The fourth-order valence-electron chi connectivity index (χ4n) is 1.07. The number of methoxy groups -OCH3 is 2. The fourth-order valence-corrected chi connectivity index (χ4v) is 1.07. The van der Waals surface area contributed by atoms with Crippen molar-refractivity contribution in [3.8, 4) is 23.3 Å². The Bertz CT molecular complexity index is 420. The topological polar surface area (TPSA) is 70.3 Å². The molecule has 0 bridgehead atoms. The third kappa shape index (κ3) is 1.88. The highest BCUT2D eigenvalue weighted by Crippen LogP contribution is 2.22. The van der Waals surface area contributed by atoms with E-state index in [4.69, 9.17) is 13.9 Å². The molecule has 0 amide bonds. The van der Waals surface area contributed by atoms with E-state index in [-0.39, 0.29) is 6.01 Å². The predicted octanol–water partition coefficient (Wildman–Crippen LogP) is 1.15. The van der Waals surface area contributed by atoms with Crippen molar-refractivity contribution >= 4 is 0 Å². The minimum absolute atomic E-state index is 0.223. The molecule has 6 heteroatoms. The Morgan fingerprint density at radius 2 is 2.07 bits per heavy atom. The zero-order chi connectivity index (χ0) is 10.7. The molecule has 2 heterocycles. The van der Waals surface area contributed by atoms with E-state index in [0.717, 1.165) is 0 Å². The van der Waals surface area contributed by atoms with Gasteiger partial charge in [0.05, 0.1) is 20.4 Å². The summed E-state index contributed by atoms with van der Waals surface area (Å²) in [5.74, 6) is 0.947. The second-order valence-electron chi connectivity index (χ2n) is 2.65. The lowest BCUT2D eigenvalue weighted by atomic mass is 10.3. The smallest absolute Gasteiger partial charge is 0.320 e. The normalized spacial score (nSPS) is 10.0. The molecule has 0 radical (unpaired) electrons. The van der Waals surface area contributed by atoms with Gasteiger partial charge in [0.1, 0.15) is 5.69 Å². The molecule has 0 spiro atoms. The molecule has 2 rings (SSSR count). The molecular formula is C9H9N3O3. The summed E-state index contributed by atoms with van der Waals surface area (Å²) in [4.78, 5) is 11.9. The van der Waals surface area contributed by atoms with Crippen molar-refractivity contribution in [3.05, 3.63) is 18.7 Å². The first-order chi connectivity index (χ1) is 7.33. The van der Waals surface area contributed by atoms with Crippen molar-refractivity contribution in [1.82, 2.24) is 15.0 Å². The summed E-state index contributed by atoms with van der Waals surface area (Å²) in [6.45, 7) is 0. The summed E-state index contributed by atoms with van der Waals surface area (Å²) < 4.78 is 15.0. The van der Waals surface area contributed by atoms with Crippen LogP contribution in [0.4, 0.5) is 0 Å². The van der Waals surface area contributed by atoms with Gasteiger partial charge in [0.25, 0.3) is 0 Å². The number of rotatable bonds is 3. The van der Waals surface area contributed by atoms with Gasteiger partial charge in [0, 0.05) is 6.07 Å². The molecule has 0 N–H and O–H groups in total. The van der Waals surface area contributed by atoms with Crippen molar-refractivity contribution in [1.29, 1.82) is 0 Å². The standard InChI is InChI=1S/C9H9N3O3/c1-13-8-3-6(7-4-10-5-15-7)11-9(12-8)14-2/h3-5H,1-2H3. The minimum Gasteiger partial charge on any atom is -0.481 e. The lowest BCUT2D eigenvalue weighted by Gasteiger charge is -2.03. The zero-order valence-corrected chi connectivity index (χ0v) is 8.30. The van der Waals surface area contributed by atoms with Crippen LogP contribution in [0.2, 0.25) is 0 Å². The van der Waals surface area contributed by atoms with Crippen LogP contribution >= 0.6 is 0 Å². The number of hydrogen-bond acceptors (Lipinski definition) is 6. The van der Waals surface area contributed by atoms with Gasteiger partial charge in [-0.1, -0.05) is 0 Å². The van der Waals surface area contributed by atoms with Gasteiger partial charge in [-0.15, -0.1) is 0 Å². The van der Waals surface area contributed by atoms with Gasteiger partial charge in [-0.3, -0.25) is 0 Å². The molecule has 0 aromatic carbocycles. The average molecular weight is 207 g/mol. The summed E-state index contributed by atoms with van der Waals surface area (Å²) in [5, 5.41) is 0. The maximum atomic E-state index is 5.11. The van der Waals surface area contributed by atoms with Gasteiger partial charge >= 0.3 is 6.01 Å². The summed E-state index contributed by atoms with van der Waals surface area (Å²) in [6, 6.07) is 1.86. The highest BCUT2D eigenvalue weighted by atomic mass is 16.5. The van der Waals surface area contributed by atoms with Crippen molar-refractivity contribution in [2.45, 2.75) is 0 Å². The summed E-state index contributed by atoms with van der Waals surface area (Å²) in [5.41, 5.74) is 0.566. The molecule has 15 heavy (non-hydrogen) atoms. The average Bonchev–Trinajstić information content (AvgIpc) is 2.81.